The third kappa shape index (κ3) is 3.80. The second kappa shape index (κ2) is 6.80. The van der Waals surface area contributed by atoms with E-state index >= 15 is 0 Å². The summed E-state index contributed by atoms with van der Waals surface area (Å²) in [5.74, 6) is 0. The maximum Gasteiger partial charge on any atom is 0.435 e. The molecule has 0 spiro atoms. The molecule has 11 heteroatoms. The first kappa shape index (κ1) is 21.2. The average molecular weight is 610 g/mol. The Morgan fingerprint density at radius 2 is 1.60 bits per heavy atom. The van der Waals surface area contributed by atoms with Crippen molar-refractivity contribution < 1.29 is 30.7 Å². The lowest BCUT2D eigenvalue weighted by atomic mass is 9.83. The molecule has 1 aromatic heterocycles. The number of alkyl halides is 8. The summed E-state index contributed by atoms with van der Waals surface area (Å²) in [6, 6.07) is 2.81. The van der Waals surface area contributed by atoms with Crippen molar-refractivity contribution in [3.8, 4) is 0 Å². The van der Waals surface area contributed by atoms with Crippen LogP contribution in [-0.4, -0.2) is 23.0 Å². The zero-order chi connectivity index (χ0) is 19.3. The van der Waals surface area contributed by atoms with Crippen molar-refractivity contribution in [2.75, 3.05) is 0 Å². The molecule has 0 saturated carbocycles. The number of pyridine rings is 1. The molecule has 0 fully saturated rings. The first-order chi connectivity index (χ1) is 11.2. The van der Waals surface area contributed by atoms with Crippen molar-refractivity contribution in [1.82, 2.24) is 4.98 Å². The topological polar surface area (TPSA) is 12.9 Å². The molecule has 1 heterocycles. The van der Waals surface area contributed by atoms with E-state index in [0.29, 0.717) is 12.2 Å². The SMILES string of the molecule is FC(F)(F)C(F)(C1=CC(I)(c2cccnc2Cl)[CH]C(I)=C1)C(F)(F)F. The Morgan fingerprint density at radius 1 is 1.04 bits per heavy atom. The van der Waals surface area contributed by atoms with Gasteiger partial charge in [0.15, 0.2) is 0 Å². The molecule has 1 aliphatic rings. The number of allylic oxidation sites excluding steroid dienone is 4. The van der Waals surface area contributed by atoms with Crippen LogP contribution in [0.1, 0.15) is 5.56 Å². The van der Waals surface area contributed by atoms with Crippen molar-refractivity contribution in [1.29, 1.82) is 0 Å². The summed E-state index contributed by atoms with van der Waals surface area (Å²) in [4.78, 5) is 3.76. The average Bonchev–Trinajstić information content (AvgIpc) is 2.43. The fourth-order valence-electron chi connectivity index (χ4n) is 2.21. The van der Waals surface area contributed by atoms with Gasteiger partial charge in [0.1, 0.15) is 5.15 Å². The predicted molar refractivity (Wildman–Crippen MR) is 95.4 cm³/mol. The van der Waals surface area contributed by atoms with E-state index in [1.54, 1.807) is 22.6 Å². The van der Waals surface area contributed by atoms with Gasteiger partial charge in [-0.25, -0.2) is 9.37 Å². The summed E-state index contributed by atoms with van der Waals surface area (Å²) in [5, 5.41) is -0.113. The summed E-state index contributed by atoms with van der Waals surface area (Å²) in [5.41, 5.74) is -6.91. The summed E-state index contributed by atoms with van der Waals surface area (Å²) in [7, 11) is 0. The summed E-state index contributed by atoms with van der Waals surface area (Å²) < 4.78 is 91.0. The lowest BCUT2D eigenvalue weighted by Crippen LogP contribution is -2.55. The summed E-state index contributed by atoms with van der Waals surface area (Å²) in [6.45, 7) is 0. The molecule has 0 amide bonds. The van der Waals surface area contributed by atoms with E-state index in [0.717, 1.165) is 0 Å². The van der Waals surface area contributed by atoms with Gasteiger partial charge in [0, 0.05) is 23.8 Å². The fraction of sp³-hybridized carbons (Fsp3) is 0.286. The Hall–Kier alpha value is -0.110. The van der Waals surface area contributed by atoms with Crippen LogP contribution in [-0.2, 0) is 3.42 Å². The van der Waals surface area contributed by atoms with Crippen LogP contribution in [0.2, 0.25) is 5.15 Å². The lowest BCUT2D eigenvalue weighted by molar-refractivity contribution is -0.325. The molecule has 1 unspecified atom stereocenters. The van der Waals surface area contributed by atoms with Gasteiger partial charge < -0.3 is 0 Å². The minimum absolute atomic E-state index is 0.0000512. The lowest BCUT2D eigenvalue weighted by Gasteiger charge is -2.36. The van der Waals surface area contributed by atoms with Crippen LogP contribution in [0, 0.1) is 6.42 Å². The second-order valence-electron chi connectivity index (χ2n) is 5.04. The van der Waals surface area contributed by atoms with E-state index in [2.05, 4.69) is 4.98 Å². The Labute approximate surface area is 170 Å². The smallest absolute Gasteiger partial charge is 0.244 e. The fourth-order valence-corrected chi connectivity index (χ4v) is 5.18. The molecule has 2 rings (SSSR count). The van der Waals surface area contributed by atoms with Gasteiger partial charge in [0.2, 0.25) is 0 Å². The number of rotatable bonds is 2. The molecule has 0 aliphatic heterocycles. The van der Waals surface area contributed by atoms with Gasteiger partial charge in [-0.15, -0.1) is 0 Å². The minimum Gasteiger partial charge on any atom is -0.244 e. The van der Waals surface area contributed by atoms with Crippen LogP contribution in [0.25, 0.3) is 0 Å². The van der Waals surface area contributed by atoms with E-state index in [-0.39, 0.29) is 14.3 Å². The highest BCUT2D eigenvalue weighted by atomic mass is 127. The van der Waals surface area contributed by atoms with E-state index in [1.165, 1.54) is 47.3 Å². The van der Waals surface area contributed by atoms with E-state index in [1.807, 2.05) is 0 Å². The van der Waals surface area contributed by atoms with Gasteiger partial charge >= 0.3 is 18.0 Å². The van der Waals surface area contributed by atoms with Crippen molar-refractivity contribution in [3.05, 3.63) is 56.8 Å². The standard InChI is InChI=1S/C14H6ClF7I2N/c15-10-9(2-1-3-25-10)11(24)5-7(4-8(23)6-11)12(16,13(17,18)19)14(20,21)22/h1-6H. The number of hydrogen-bond acceptors (Lipinski definition) is 1. The third-order valence-electron chi connectivity index (χ3n) is 3.36. The quantitative estimate of drug-likeness (QED) is 0.158. The van der Waals surface area contributed by atoms with E-state index in [4.69, 9.17) is 11.6 Å². The molecule has 0 aromatic carbocycles. The van der Waals surface area contributed by atoms with Gasteiger partial charge in [-0.05, 0) is 38.3 Å². The molecule has 1 aromatic rings. The van der Waals surface area contributed by atoms with Crippen LogP contribution >= 0.6 is 56.8 Å². The van der Waals surface area contributed by atoms with Gasteiger partial charge in [-0.3, -0.25) is 0 Å². The van der Waals surface area contributed by atoms with E-state index < -0.39 is 27.0 Å². The zero-order valence-electron chi connectivity index (χ0n) is 11.7. The summed E-state index contributed by atoms with van der Waals surface area (Å²) >= 11 is 9.04. The van der Waals surface area contributed by atoms with Gasteiger partial charge in [0.25, 0.3) is 0 Å². The second-order valence-corrected chi connectivity index (χ2v) is 8.43. The maximum absolute atomic E-state index is 14.4. The molecule has 137 valence electrons. The Bertz CT molecular complexity index is 727. The molecule has 0 saturated heterocycles. The van der Waals surface area contributed by atoms with Crippen LogP contribution in [0.3, 0.4) is 0 Å². The van der Waals surface area contributed by atoms with Gasteiger partial charge in [-0.1, -0.05) is 46.3 Å². The molecular weight excluding hydrogens is 604 g/mol. The molecule has 1 atom stereocenters. The normalized spacial score (nSPS) is 22.5. The molecule has 0 N–H and O–H groups in total. The maximum atomic E-state index is 14.4. The predicted octanol–water partition coefficient (Wildman–Crippen LogP) is 6.66. The first-order valence-corrected chi connectivity index (χ1v) is 8.84. The Kier molecular flexibility index (Phi) is 5.77. The molecular formula is C14H6ClF7I2N. The van der Waals surface area contributed by atoms with Crippen LogP contribution in [0.15, 0.2) is 39.6 Å². The molecule has 1 radical (unpaired) electrons. The van der Waals surface area contributed by atoms with Crippen LogP contribution in [0.4, 0.5) is 30.7 Å². The highest BCUT2D eigenvalue weighted by Crippen LogP contribution is 2.55. The highest BCUT2D eigenvalue weighted by molar-refractivity contribution is 14.1. The monoisotopic (exact) mass is 610 g/mol. The number of aromatic nitrogens is 1. The van der Waals surface area contributed by atoms with Crippen molar-refractivity contribution in [2.45, 2.75) is 21.4 Å². The van der Waals surface area contributed by atoms with E-state index in [9.17, 15) is 30.7 Å². The number of hydrogen-bond donors (Lipinski definition) is 0. The molecule has 0 bridgehead atoms. The molecule has 25 heavy (non-hydrogen) atoms. The largest absolute Gasteiger partial charge is 0.435 e. The van der Waals surface area contributed by atoms with Crippen molar-refractivity contribution >= 4 is 56.8 Å². The van der Waals surface area contributed by atoms with Crippen LogP contribution < -0.4 is 0 Å². The number of nitrogens with zero attached hydrogens (tertiary/aromatic N) is 1. The highest BCUT2D eigenvalue weighted by Gasteiger charge is 2.74. The molecule has 1 nitrogen and oxygen atoms in total. The number of halogens is 10. The van der Waals surface area contributed by atoms with Crippen molar-refractivity contribution in [3.63, 3.8) is 0 Å². The van der Waals surface area contributed by atoms with Crippen molar-refractivity contribution in [2.24, 2.45) is 0 Å². The van der Waals surface area contributed by atoms with Gasteiger partial charge in [0.05, 0.1) is 3.42 Å². The Morgan fingerprint density at radius 3 is 2.08 bits per heavy atom. The summed E-state index contributed by atoms with van der Waals surface area (Å²) in [6.07, 6.45) is -8.60. The van der Waals surface area contributed by atoms with Crippen LogP contribution in [0.5, 0.6) is 0 Å². The van der Waals surface area contributed by atoms with Gasteiger partial charge in [-0.2, -0.15) is 26.3 Å². The minimum atomic E-state index is -6.18. The Balaban J connectivity index is 2.71. The third-order valence-corrected chi connectivity index (χ3v) is 5.49. The molecule has 1 aliphatic carbocycles. The zero-order valence-corrected chi connectivity index (χ0v) is 16.8. The first-order valence-electron chi connectivity index (χ1n) is 6.31.